The van der Waals surface area contributed by atoms with Gasteiger partial charge in [0.2, 0.25) is 5.91 Å². The number of likely N-dealkylation sites (tertiary alicyclic amines) is 1. The summed E-state index contributed by atoms with van der Waals surface area (Å²) < 4.78 is 0. The lowest BCUT2D eigenvalue weighted by atomic mass is 9.95. The zero-order valence-corrected chi connectivity index (χ0v) is 10.1. The number of nitrogens with zero attached hydrogens (tertiary/aromatic N) is 1. The van der Waals surface area contributed by atoms with Crippen molar-refractivity contribution in [2.75, 3.05) is 13.1 Å². The van der Waals surface area contributed by atoms with Crippen LogP contribution in [0.2, 0.25) is 0 Å². The van der Waals surface area contributed by atoms with Gasteiger partial charge in [-0.3, -0.25) is 4.79 Å². The monoisotopic (exact) mass is 213 g/mol. The van der Waals surface area contributed by atoms with Crippen LogP contribution >= 0.6 is 0 Å². The summed E-state index contributed by atoms with van der Waals surface area (Å²) >= 11 is 0. The summed E-state index contributed by atoms with van der Waals surface area (Å²) in [6.45, 7) is 7.88. The van der Waals surface area contributed by atoms with Crippen molar-refractivity contribution in [1.82, 2.24) is 4.90 Å². The molecule has 1 aliphatic heterocycles. The van der Waals surface area contributed by atoms with E-state index in [0.717, 1.165) is 25.9 Å². The summed E-state index contributed by atoms with van der Waals surface area (Å²) in [5, 5.41) is 9.13. The van der Waals surface area contributed by atoms with E-state index in [2.05, 4.69) is 13.8 Å². The number of aliphatic hydroxyl groups excluding tert-OH is 1. The average Bonchev–Trinajstić information content (AvgIpc) is 2.47. The van der Waals surface area contributed by atoms with E-state index in [-0.39, 0.29) is 6.10 Å². The van der Waals surface area contributed by atoms with Crippen molar-refractivity contribution in [1.29, 1.82) is 0 Å². The molecule has 1 fully saturated rings. The highest BCUT2D eigenvalue weighted by Gasteiger charge is 2.30. The van der Waals surface area contributed by atoms with Crippen LogP contribution in [0, 0.1) is 11.8 Å². The number of carbonyl (C=O) groups is 1. The van der Waals surface area contributed by atoms with Crippen molar-refractivity contribution >= 4 is 5.91 Å². The molecule has 2 unspecified atom stereocenters. The second kappa shape index (κ2) is 5.50. The molecule has 0 aliphatic carbocycles. The topological polar surface area (TPSA) is 40.5 Å². The fourth-order valence-electron chi connectivity index (χ4n) is 2.04. The zero-order chi connectivity index (χ0) is 11.4. The third-order valence-electron chi connectivity index (χ3n) is 3.24. The summed E-state index contributed by atoms with van der Waals surface area (Å²) in [4.78, 5) is 13.6. The Hall–Kier alpha value is -0.570. The fourth-order valence-corrected chi connectivity index (χ4v) is 2.04. The van der Waals surface area contributed by atoms with Crippen LogP contribution in [0.4, 0.5) is 0 Å². The van der Waals surface area contributed by atoms with Gasteiger partial charge < -0.3 is 10.0 Å². The van der Waals surface area contributed by atoms with E-state index in [1.54, 1.807) is 6.92 Å². The van der Waals surface area contributed by atoms with Crippen LogP contribution in [-0.4, -0.2) is 35.1 Å². The quantitative estimate of drug-likeness (QED) is 0.754. The molecule has 1 aliphatic rings. The Bertz CT molecular complexity index is 214. The molecule has 0 saturated carbocycles. The first-order chi connectivity index (χ1) is 7.00. The van der Waals surface area contributed by atoms with Gasteiger partial charge in [0.25, 0.3) is 0 Å². The van der Waals surface area contributed by atoms with Gasteiger partial charge in [0, 0.05) is 19.5 Å². The van der Waals surface area contributed by atoms with Crippen molar-refractivity contribution in [2.45, 2.75) is 46.1 Å². The maximum atomic E-state index is 11.6. The van der Waals surface area contributed by atoms with Gasteiger partial charge in [-0.2, -0.15) is 0 Å². The first-order valence-electron chi connectivity index (χ1n) is 5.96. The van der Waals surface area contributed by atoms with Crippen LogP contribution < -0.4 is 0 Å². The minimum absolute atomic E-state index is 0.247. The van der Waals surface area contributed by atoms with Gasteiger partial charge in [0.15, 0.2) is 0 Å². The second-order valence-corrected chi connectivity index (χ2v) is 5.04. The number of hydrogen-bond acceptors (Lipinski definition) is 2. The fraction of sp³-hybridized carbons (Fsp3) is 0.917. The highest BCUT2D eigenvalue weighted by atomic mass is 16.3. The normalized spacial score (nSPS) is 23.9. The molecule has 3 heteroatoms. The van der Waals surface area contributed by atoms with Crippen molar-refractivity contribution in [3.05, 3.63) is 0 Å². The molecule has 0 spiro atoms. The van der Waals surface area contributed by atoms with Crippen molar-refractivity contribution in [3.63, 3.8) is 0 Å². The van der Waals surface area contributed by atoms with E-state index >= 15 is 0 Å². The van der Waals surface area contributed by atoms with E-state index in [9.17, 15) is 4.79 Å². The van der Waals surface area contributed by atoms with Crippen LogP contribution in [-0.2, 0) is 4.79 Å². The van der Waals surface area contributed by atoms with Crippen LogP contribution in [0.1, 0.15) is 40.0 Å². The molecule has 2 atom stereocenters. The Morgan fingerprint density at radius 3 is 2.60 bits per heavy atom. The minimum atomic E-state index is -0.247. The van der Waals surface area contributed by atoms with E-state index in [1.165, 1.54) is 0 Å². The van der Waals surface area contributed by atoms with Gasteiger partial charge >= 0.3 is 0 Å². The van der Waals surface area contributed by atoms with Gasteiger partial charge in [0.1, 0.15) is 0 Å². The molecule has 0 bridgehead atoms. The lowest BCUT2D eigenvalue weighted by Gasteiger charge is -2.18. The standard InChI is InChI=1S/C12H23NO2/c1-9(2)11-7-12(15)13(8-11)6-4-5-10(3)14/h9-11,14H,4-8H2,1-3H3. The third-order valence-corrected chi connectivity index (χ3v) is 3.24. The van der Waals surface area contributed by atoms with E-state index in [1.807, 2.05) is 4.90 Å². The summed E-state index contributed by atoms with van der Waals surface area (Å²) in [7, 11) is 0. The van der Waals surface area contributed by atoms with E-state index in [4.69, 9.17) is 5.11 Å². The number of hydrogen-bond donors (Lipinski definition) is 1. The summed E-state index contributed by atoms with van der Waals surface area (Å²) in [6, 6.07) is 0. The SMILES string of the molecule is CC(O)CCCN1CC(C(C)C)CC1=O. The number of aliphatic hydroxyl groups is 1. The highest BCUT2D eigenvalue weighted by molar-refractivity contribution is 5.78. The molecule has 0 radical (unpaired) electrons. The van der Waals surface area contributed by atoms with Crippen molar-refractivity contribution in [2.24, 2.45) is 11.8 Å². The average molecular weight is 213 g/mol. The molecule has 1 rings (SSSR count). The molecule has 1 heterocycles. The molecule has 15 heavy (non-hydrogen) atoms. The molecular weight excluding hydrogens is 190 g/mol. The maximum Gasteiger partial charge on any atom is 0.222 e. The number of rotatable bonds is 5. The molecule has 3 nitrogen and oxygen atoms in total. The van der Waals surface area contributed by atoms with Crippen LogP contribution in [0.25, 0.3) is 0 Å². The molecule has 0 aromatic heterocycles. The maximum absolute atomic E-state index is 11.6. The predicted octanol–water partition coefficient (Wildman–Crippen LogP) is 1.65. The first kappa shape index (κ1) is 12.5. The minimum Gasteiger partial charge on any atom is -0.393 e. The Balaban J connectivity index is 2.28. The molecule has 0 aromatic carbocycles. The Kier molecular flexibility index (Phi) is 4.58. The number of carbonyl (C=O) groups excluding carboxylic acids is 1. The molecule has 88 valence electrons. The Morgan fingerprint density at radius 1 is 1.47 bits per heavy atom. The lowest BCUT2D eigenvalue weighted by Crippen LogP contribution is -2.27. The third kappa shape index (κ3) is 3.82. The van der Waals surface area contributed by atoms with Crippen molar-refractivity contribution in [3.8, 4) is 0 Å². The van der Waals surface area contributed by atoms with Gasteiger partial charge in [-0.15, -0.1) is 0 Å². The van der Waals surface area contributed by atoms with Crippen molar-refractivity contribution < 1.29 is 9.90 Å². The molecule has 0 aromatic rings. The van der Waals surface area contributed by atoms with Gasteiger partial charge in [0.05, 0.1) is 6.10 Å². The van der Waals surface area contributed by atoms with Crippen LogP contribution in [0.3, 0.4) is 0 Å². The second-order valence-electron chi connectivity index (χ2n) is 5.04. The molecule has 1 saturated heterocycles. The molecular formula is C12H23NO2. The molecule has 1 N–H and O–H groups in total. The summed E-state index contributed by atoms with van der Waals surface area (Å²) in [5.41, 5.74) is 0. The summed E-state index contributed by atoms with van der Waals surface area (Å²) in [5.74, 6) is 1.42. The predicted molar refractivity (Wildman–Crippen MR) is 60.4 cm³/mol. The van der Waals surface area contributed by atoms with Gasteiger partial charge in [-0.25, -0.2) is 0 Å². The van der Waals surface area contributed by atoms with Crippen LogP contribution in [0.15, 0.2) is 0 Å². The van der Waals surface area contributed by atoms with E-state index < -0.39 is 0 Å². The van der Waals surface area contributed by atoms with Crippen LogP contribution in [0.5, 0.6) is 0 Å². The first-order valence-corrected chi connectivity index (χ1v) is 5.96. The highest BCUT2D eigenvalue weighted by Crippen LogP contribution is 2.24. The Morgan fingerprint density at radius 2 is 2.13 bits per heavy atom. The van der Waals surface area contributed by atoms with Gasteiger partial charge in [-0.05, 0) is 31.6 Å². The van der Waals surface area contributed by atoms with Gasteiger partial charge in [-0.1, -0.05) is 13.8 Å². The zero-order valence-electron chi connectivity index (χ0n) is 10.1. The smallest absolute Gasteiger partial charge is 0.222 e. The number of amides is 1. The lowest BCUT2D eigenvalue weighted by molar-refractivity contribution is -0.127. The summed E-state index contributed by atoms with van der Waals surface area (Å²) in [6.07, 6.45) is 2.17. The van der Waals surface area contributed by atoms with E-state index in [0.29, 0.717) is 24.2 Å². The largest absolute Gasteiger partial charge is 0.393 e. The molecule has 1 amide bonds. The Labute approximate surface area is 92.5 Å².